The molecule has 0 aliphatic rings. The molecule has 3 rings (SSSR count). The maximum atomic E-state index is 9.08. The molecule has 0 aliphatic carbocycles. The number of rotatable bonds is 4. The third kappa shape index (κ3) is 3.74. The van der Waals surface area contributed by atoms with Crippen molar-refractivity contribution in [1.82, 2.24) is 4.57 Å². The van der Waals surface area contributed by atoms with E-state index in [1.54, 1.807) is 0 Å². The van der Waals surface area contributed by atoms with Gasteiger partial charge in [0.1, 0.15) is 5.69 Å². The first-order valence-electron chi connectivity index (χ1n) is 11.7. The van der Waals surface area contributed by atoms with Gasteiger partial charge in [0, 0.05) is 13.9 Å². The fourth-order valence-corrected chi connectivity index (χ4v) is 4.28. The van der Waals surface area contributed by atoms with Crippen LogP contribution in [0, 0.1) is 0 Å². The zero-order valence-electron chi connectivity index (χ0n) is 21.9. The first-order valence-corrected chi connectivity index (χ1v) is 10.7. The van der Waals surface area contributed by atoms with Crippen LogP contribution < -0.4 is 4.57 Å². The summed E-state index contributed by atoms with van der Waals surface area (Å²) in [6.45, 7) is 18.9. The lowest BCUT2D eigenvalue weighted by molar-refractivity contribution is -0.654. The summed E-state index contributed by atoms with van der Waals surface area (Å²) in [5.41, 5.74) is 6.32. The van der Waals surface area contributed by atoms with Crippen molar-refractivity contribution in [3.63, 3.8) is 0 Å². The molecule has 1 heterocycles. The predicted octanol–water partition coefficient (Wildman–Crippen LogP) is 7.12. The minimum absolute atomic E-state index is 0.0666. The quantitative estimate of drug-likeness (QED) is 0.417. The van der Waals surface area contributed by atoms with Crippen molar-refractivity contribution in [2.75, 3.05) is 0 Å². The van der Waals surface area contributed by atoms with Crippen molar-refractivity contribution in [2.45, 2.75) is 85.4 Å². The van der Waals surface area contributed by atoms with Gasteiger partial charge < -0.3 is 0 Å². The molecule has 0 saturated carbocycles. The molecule has 3 aromatic rings. The van der Waals surface area contributed by atoms with Gasteiger partial charge in [-0.1, -0.05) is 86.6 Å². The van der Waals surface area contributed by atoms with Gasteiger partial charge in [0.25, 0.3) is 5.82 Å². The second-order valence-electron chi connectivity index (χ2n) is 10.1. The number of nitrogens with zero attached hydrogens (tertiary/aromatic N) is 2. The molecule has 2 nitrogen and oxygen atoms in total. The van der Waals surface area contributed by atoms with E-state index in [2.05, 4.69) is 87.2 Å². The molecule has 0 N–H and O–H groups in total. The maximum absolute atomic E-state index is 9.08. The summed E-state index contributed by atoms with van der Waals surface area (Å²) in [7, 11) is 2.12. The Balaban J connectivity index is 2.63. The molecule has 1 aromatic heterocycles. The molecule has 0 spiro atoms. The Morgan fingerprint density at radius 3 is 1.86 bits per heavy atom. The van der Waals surface area contributed by atoms with E-state index < -0.39 is 11.8 Å². The first kappa shape index (κ1) is 18.9. The molecule has 0 bridgehead atoms. The van der Waals surface area contributed by atoms with Crippen LogP contribution in [0.5, 0.6) is 0 Å². The summed E-state index contributed by atoms with van der Waals surface area (Å²) in [4.78, 5) is 0. The fraction of sp³-hybridized carbons (Fsp3) is 0.519. The van der Waals surface area contributed by atoms with Crippen molar-refractivity contribution >= 4 is 11.0 Å². The standard InChI is InChI=1S/C27H39N2/c1-17(2)21-15-20(27(7,8)9)16-22(18(3)4)25(21)29-24-14-12-11-13-23(24)28(10)26(29)19(5)6/h11-19H,1-10H3/q+1/i17D,18D. The number of aromatic nitrogens is 2. The van der Waals surface area contributed by atoms with Crippen molar-refractivity contribution < 1.29 is 7.31 Å². The van der Waals surface area contributed by atoms with Crippen molar-refractivity contribution in [2.24, 2.45) is 7.05 Å². The Kier molecular flexibility index (Phi) is 4.97. The zero-order valence-corrected chi connectivity index (χ0v) is 19.9. The SMILES string of the molecule is [2H]C(C)(C)c1cc(C(C)(C)C)cc(C([2H])(C)C)c1-n1c(C(C)C)[n+](C)c2ccccc21. The fourth-order valence-electron chi connectivity index (χ4n) is 4.28. The first-order chi connectivity index (χ1) is 14.0. The Morgan fingerprint density at radius 2 is 1.41 bits per heavy atom. The van der Waals surface area contributed by atoms with Crippen molar-refractivity contribution in [1.29, 1.82) is 0 Å². The van der Waals surface area contributed by atoms with Gasteiger partial charge in [-0.15, -0.1) is 0 Å². The van der Waals surface area contributed by atoms with E-state index in [0.29, 0.717) is 0 Å². The Bertz CT molecular complexity index is 1080. The number of aryl methyl sites for hydroxylation is 1. The molecule has 29 heavy (non-hydrogen) atoms. The van der Waals surface area contributed by atoms with E-state index in [9.17, 15) is 0 Å². The third-order valence-electron chi connectivity index (χ3n) is 5.85. The van der Waals surface area contributed by atoms with Crippen LogP contribution >= 0.6 is 0 Å². The molecule has 0 radical (unpaired) electrons. The second-order valence-corrected chi connectivity index (χ2v) is 10.1. The topological polar surface area (TPSA) is 8.81 Å². The molecule has 0 fully saturated rings. The lowest BCUT2D eigenvalue weighted by Gasteiger charge is -2.26. The van der Waals surface area contributed by atoms with Crippen LogP contribution in [0.3, 0.4) is 0 Å². The van der Waals surface area contributed by atoms with Crippen LogP contribution in [-0.4, -0.2) is 4.57 Å². The Morgan fingerprint density at radius 1 is 0.897 bits per heavy atom. The zero-order chi connectivity index (χ0) is 23.5. The van der Waals surface area contributed by atoms with Gasteiger partial charge >= 0.3 is 0 Å². The average molecular weight is 394 g/mol. The molecule has 0 aliphatic heterocycles. The summed E-state index contributed by atoms with van der Waals surface area (Å²) in [6.07, 6.45) is 0. The normalized spacial score (nSPS) is 14.4. The van der Waals surface area contributed by atoms with Crippen LogP contribution in [0.4, 0.5) is 0 Å². The molecule has 0 saturated heterocycles. The number of fused-ring (bicyclic) bond motifs is 1. The molecular weight excluding hydrogens is 352 g/mol. The smallest absolute Gasteiger partial charge is 0.229 e. The van der Waals surface area contributed by atoms with Crippen LogP contribution in [0.2, 0.25) is 0 Å². The number of benzene rings is 2. The maximum Gasteiger partial charge on any atom is 0.265 e. The lowest BCUT2D eigenvalue weighted by Crippen LogP contribution is -2.34. The van der Waals surface area contributed by atoms with Gasteiger partial charge in [-0.25, -0.2) is 4.57 Å². The summed E-state index contributed by atoms with van der Waals surface area (Å²) in [5, 5.41) is 0. The van der Waals surface area contributed by atoms with Gasteiger partial charge in [-0.3, -0.25) is 0 Å². The summed E-state index contributed by atoms with van der Waals surface area (Å²) >= 11 is 0. The number of hydrogen-bond donors (Lipinski definition) is 0. The van der Waals surface area contributed by atoms with Crippen LogP contribution in [0.25, 0.3) is 16.7 Å². The minimum atomic E-state index is -0.811. The molecule has 156 valence electrons. The largest absolute Gasteiger partial charge is 0.265 e. The van der Waals surface area contributed by atoms with Gasteiger partial charge in [0.2, 0.25) is 0 Å². The summed E-state index contributed by atoms with van der Waals surface area (Å²) in [5.74, 6) is -0.160. The highest BCUT2D eigenvalue weighted by Crippen LogP contribution is 2.38. The van der Waals surface area contributed by atoms with Gasteiger partial charge in [0.05, 0.1) is 13.0 Å². The van der Waals surface area contributed by atoms with Gasteiger partial charge in [-0.05, 0) is 34.9 Å². The van der Waals surface area contributed by atoms with E-state index in [-0.39, 0.29) is 11.3 Å². The number of para-hydroxylation sites is 2. The van der Waals surface area contributed by atoms with Crippen molar-refractivity contribution in [3.05, 3.63) is 58.9 Å². The van der Waals surface area contributed by atoms with Crippen LogP contribution in [0.1, 0.15) is 105 Å². The highest BCUT2D eigenvalue weighted by atomic mass is 15.2. The van der Waals surface area contributed by atoms with E-state index in [1.165, 1.54) is 11.4 Å². The van der Waals surface area contributed by atoms with E-state index in [1.807, 2.05) is 27.7 Å². The summed E-state index contributed by atoms with van der Waals surface area (Å²) < 4.78 is 22.7. The molecule has 2 heteroatoms. The molecule has 0 unspecified atom stereocenters. The third-order valence-corrected chi connectivity index (χ3v) is 5.85. The molecular formula is C27H39N2+. The molecule has 2 aromatic carbocycles. The summed E-state index contributed by atoms with van der Waals surface area (Å²) in [6, 6.07) is 12.9. The Labute approximate surface area is 180 Å². The number of hydrogen-bond acceptors (Lipinski definition) is 0. The van der Waals surface area contributed by atoms with E-state index >= 15 is 0 Å². The second kappa shape index (κ2) is 7.63. The Hall–Kier alpha value is -2.09. The van der Waals surface area contributed by atoms with E-state index in [4.69, 9.17) is 2.74 Å². The predicted molar refractivity (Wildman–Crippen MR) is 125 cm³/mol. The van der Waals surface area contributed by atoms with Gasteiger partial charge in [-0.2, -0.15) is 4.57 Å². The molecule has 0 atom stereocenters. The van der Waals surface area contributed by atoms with Crippen LogP contribution in [0.15, 0.2) is 36.4 Å². The lowest BCUT2D eigenvalue weighted by atomic mass is 9.81. The highest BCUT2D eigenvalue weighted by molar-refractivity contribution is 5.76. The molecule has 0 amide bonds. The minimum Gasteiger partial charge on any atom is -0.229 e. The van der Waals surface area contributed by atoms with Crippen molar-refractivity contribution in [3.8, 4) is 5.69 Å². The monoisotopic (exact) mass is 393 g/mol. The number of imidazole rings is 1. The average Bonchev–Trinajstić information content (AvgIpc) is 2.91. The highest BCUT2D eigenvalue weighted by Gasteiger charge is 2.32. The van der Waals surface area contributed by atoms with Crippen LogP contribution in [-0.2, 0) is 12.5 Å². The van der Waals surface area contributed by atoms with E-state index in [0.717, 1.165) is 27.8 Å². The van der Waals surface area contributed by atoms with Gasteiger partial charge in [0.15, 0.2) is 11.0 Å².